The molecule has 632 valence electrons. The van der Waals surface area contributed by atoms with Crippen LogP contribution in [0.25, 0.3) is 0 Å². The third kappa shape index (κ3) is 47.4. The maximum absolute atomic E-state index is 13.5. The number of aliphatic hydroxyl groups excluding tert-OH is 11. The van der Waals surface area contributed by atoms with Crippen LogP contribution in [0.2, 0.25) is 0 Å². The molecule has 17 atom stereocenters. The lowest BCUT2D eigenvalue weighted by Crippen LogP contribution is -2.66. The van der Waals surface area contributed by atoms with Crippen molar-refractivity contribution in [1.82, 2.24) is 5.32 Å². The highest BCUT2D eigenvalue weighted by molar-refractivity contribution is 5.76. The van der Waals surface area contributed by atoms with Gasteiger partial charge in [-0.15, -0.1) is 0 Å². The molecule has 3 aliphatic heterocycles. The second kappa shape index (κ2) is 68.9. The van der Waals surface area contributed by atoms with Crippen molar-refractivity contribution in [3.8, 4) is 0 Å². The average molecular weight is 1540 g/mol. The first kappa shape index (κ1) is 99.7. The molecule has 19 nitrogen and oxygen atoms in total. The molecule has 3 aliphatic rings. The molecule has 1 amide bonds. The van der Waals surface area contributed by atoms with Crippen molar-refractivity contribution in [1.29, 1.82) is 0 Å². The number of carbonyl (C=O) groups is 1. The number of aliphatic hydroxyl groups is 11. The largest absolute Gasteiger partial charge is 0.394 e. The van der Waals surface area contributed by atoms with Gasteiger partial charge in [0.2, 0.25) is 5.91 Å². The lowest BCUT2D eigenvalue weighted by molar-refractivity contribution is -0.379. The lowest BCUT2D eigenvalue weighted by atomic mass is 9.96. The van der Waals surface area contributed by atoms with Crippen LogP contribution in [0.3, 0.4) is 0 Å². The van der Waals surface area contributed by atoms with E-state index in [9.17, 15) is 61.0 Å². The summed E-state index contributed by atoms with van der Waals surface area (Å²) in [4.78, 5) is 13.5. The zero-order valence-corrected chi connectivity index (χ0v) is 68.1. The summed E-state index contributed by atoms with van der Waals surface area (Å²) in [6.07, 6.45) is 63.7. The van der Waals surface area contributed by atoms with E-state index in [0.29, 0.717) is 6.42 Å². The van der Waals surface area contributed by atoms with Crippen LogP contribution in [0.1, 0.15) is 367 Å². The summed E-state index contributed by atoms with van der Waals surface area (Å²) in [5.74, 6) is -0.268. The van der Waals surface area contributed by atoms with Gasteiger partial charge in [-0.25, -0.2) is 0 Å². The van der Waals surface area contributed by atoms with E-state index in [2.05, 4.69) is 67.8 Å². The minimum atomic E-state index is -1.98. The highest BCUT2D eigenvalue weighted by Crippen LogP contribution is 2.34. The molecule has 17 unspecified atom stereocenters. The molecule has 3 fully saturated rings. The second-order valence-corrected chi connectivity index (χ2v) is 31.7. The van der Waals surface area contributed by atoms with Crippen molar-refractivity contribution >= 4 is 5.91 Å². The highest BCUT2D eigenvalue weighted by atomic mass is 16.8. The third-order valence-corrected chi connectivity index (χ3v) is 22.1. The van der Waals surface area contributed by atoms with Gasteiger partial charge in [0.1, 0.15) is 73.2 Å². The molecule has 3 heterocycles. The molecule has 3 rings (SSSR count). The van der Waals surface area contributed by atoms with Crippen LogP contribution >= 0.6 is 0 Å². The summed E-state index contributed by atoms with van der Waals surface area (Å²) in [6.45, 7) is 1.68. The van der Waals surface area contributed by atoms with Crippen molar-refractivity contribution in [3.63, 3.8) is 0 Å². The van der Waals surface area contributed by atoms with Crippen LogP contribution in [-0.2, 0) is 33.2 Å². The fourth-order valence-corrected chi connectivity index (χ4v) is 15.0. The zero-order chi connectivity index (χ0) is 78.1. The number of amides is 1. The van der Waals surface area contributed by atoms with E-state index in [1.807, 2.05) is 6.08 Å². The minimum absolute atomic E-state index is 0.247. The number of ether oxygens (including phenoxy) is 6. The topological polar surface area (TPSA) is 307 Å². The Hall–Kier alpha value is -2.51. The first-order valence-electron chi connectivity index (χ1n) is 44.5. The van der Waals surface area contributed by atoms with Gasteiger partial charge in [0.05, 0.1) is 38.6 Å². The Kier molecular flexibility index (Phi) is 63.6. The zero-order valence-electron chi connectivity index (χ0n) is 68.1. The first-order valence-corrected chi connectivity index (χ1v) is 44.5. The lowest BCUT2D eigenvalue weighted by Gasteiger charge is -2.48. The number of allylic oxidation sites excluding steroid dienone is 9. The van der Waals surface area contributed by atoms with E-state index in [4.69, 9.17) is 28.4 Å². The number of hydrogen-bond acceptors (Lipinski definition) is 18. The number of nitrogens with one attached hydrogen (secondary N) is 1. The number of hydrogen-bond donors (Lipinski definition) is 12. The van der Waals surface area contributed by atoms with Crippen LogP contribution in [0, 0.1) is 0 Å². The molecule has 0 aromatic heterocycles. The molecular formula is C89H163NO18. The van der Waals surface area contributed by atoms with E-state index < -0.39 is 124 Å². The Balaban J connectivity index is 1.32. The summed E-state index contributed by atoms with van der Waals surface area (Å²) in [5, 5.41) is 121. The van der Waals surface area contributed by atoms with Gasteiger partial charge in [0.25, 0.3) is 0 Å². The van der Waals surface area contributed by atoms with Gasteiger partial charge < -0.3 is 89.9 Å². The fourth-order valence-electron chi connectivity index (χ4n) is 15.0. The van der Waals surface area contributed by atoms with Crippen LogP contribution < -0.4 is 5.32 Å². The number of rotatable bonds is 72. The van der Waals surface area contributed by atoms with Crippen LogP contribution in [0.15, 0.2) is 60.8 Å². The molecule has 0 aromatic carbocycles. The molecule has 0 saturated carbocycles. The minimum Gasteiger partial charge on any atom is -0.394 e. The monoisotopic (exact) mass is 1530 g/mol. The van der Waals surface area contributed by atoms with Crippen molar-refractivity contribution in [2.24, 2.45) is 0 Å². The van der Waals surface area contributed by atoms with Crippen LogP contribution in [0.4, 0.5) is 0 Å². The Bertz CT molecular complexity index is 2180. The van der Waals surface area contributed by atoms with Gasteiger partial charge >= 0.3 is 0 Å². The second-order valence-electron chi connectivity index (χ2n) is 31.7. The Morgan fingerprint density at radius 1 is 0.343 bits per heavy atom. The Morgan fingerprint density at radius 2 is 0.639 bits per heavy atom. The quantitative estimate of drug-likeness (QED) is 0.0199. The van der Waals surface area contributed by atoms with Gasteiger partial charge in [-0.05, 0) is 57.8 Å². The van der Waals surface area contributed by atoms with Crippen molar-refractivity contribution in [3.05, 3.63) is 60.8 Å². The predicted molar refractivity (Wildman–Crippen MR) is 434 cm³/mol. The van der Waals surface area contributed by atoms with Crippen molar-refractivity contribution < 1.29 is 89.4 Å². The molecule has 108 heavy (non-hydrogen) atoms. The molecule has 0 radical (unpaired) electrons. The van der Waals surface area contributed by atoms with Gasteiger partial charge in [-0.1, -0.05) is 364 Å². The summed E-state index contributed by atoms with van der Waals surface area (Å²) in [5.41, 5.74) is 0. The van der Waals surface area contributed by atoms with Gasteiger partial charge in [0.15, 0.2) is 18.9 Å². The van der Waals surface area contributed by atoms with E-state index in [-0.39, 0.29) is 18.9 Å². The van der Waals surface area contributed by atoms with Crippen LogP contribution in [0.5, 0.6) is 0 Å². The molecule has 19 heteroatoms. The summed E-state index contributed by atoms with van der Waals surface area (Å²) in [7, 11) is 0. The maximum atomic E-state index is 13.5. The van der Waals surface area contributed by atoms with E-state index in [1.165, 1.54) is 270 Å². The molecular weight excluding hydrogens is 1370 g/mol. The molecule has 3 saturated heterocycles. The van der Waals surface area contributed by atoms with Crippen molar-refractivity contribution in [2.75, 3.05) is 26.4 Å². The molecule has 0 bridgehead atoms. The number of unbranched alkanes of at least 4 members (excludes halogenated alkanes) is 48. The van der Waals surface area contributed by atoms with Gasteiger partial charge in [-0.3, -0.25) is 4.79 Å². The third-order valence-electron chi connectivity index (χ3n) is 22.1. The molecule has 0 spiro atoms. The maximum Gasteiger partial charge on any atom is 0.220 e. The summed E-state index contributed by atoms with van der Waals surface area (Å²) in [6, 6.07) is -0.975. The van der Waals surface area contributed by atoms with E-state index >= 15 is 0 Å². The molecule has 0 aromatic rings. The highest BCUT2D eigenvalue weighted by Gasteiger charge is 2.54. The van der Waals surface area contributed by atoms with E-state index in [0.717, 1.165) is 70.6 Å². The van der Waals surface area contributed by atoms with Gasteiger partial charge in [0, 0.05) is 6.42 Å². The summed E-state index contributed by atoms with van der Waals surface area (Å²) < 4.78 is 34.5. The summed E-state index contributed by atoms with van der Waals surface area (Å²) >= 11 is 0. The average Bonchev–Trinajstić information content (AvgIpc) is 0.779. The Labute approximate surface area is 656 Å². The standard InChI is InChI=1S/C89H163NO18/c1-3-5-7-9-11-13-15-17-19-21-23-25-27-29-31-32-33-34-35-36-37-38-39-40-41-43-45-47-49-51-53-55-57-59-61-63-65-67-77(95)90-72(73(94)66-64-62-60-58-56-54-52-50-48-46-44-42-30-28-26-24-22-20-18-16-14-12-10-8-6-4-2)71-103-87-83(101)80(98)85(75(69-92)105-87)108-89-84(102)81(99)86(76(70-93)106-89)107-88-82(100)79(97)78(96)74(68-91)104-88/h5,7,11,13,17,19,23,25,64,66,72-76,78-89,91-94,96-102H,3-4,6,8-10,12,14-16,18,20-22,24,26-63,65,67-71H2,1-2H3,(H,90,95)/b7-5-,13-11-,19-17-,25-23-,66-64+. The first-order chi connectivity index (χ1) is 52.8. The van der Waals surface area contributed by atoms with Gasteiger partial charge in [-0.2, -0.15) is 0 Å². The molecule has 12 N–H and O–H groups in total. The normalized spacial score (nSPS) is 25.7. The van der Waals surface area contributed by atoms with E-state index in [1.54, 1.807) is 6.08 Å². The van der Waals surface area contributed by atoms with Crippen LogP contribution in [-0.4, -0.2) is 193 Å². The SMILES string of the molecule is CC/C=C\C/C=C\C/C=C\C/C=C\CCCCCCCCCCCCCCCCCCCCCCCCCCC(=O)NC(COC1OC(CO)C(OC2OC(CO)C(OC3OC(CO)C(O)C(O)C3O)C(O)C2O)C(O)C1O)C(O)/C=C/CCCCCCCCCCCCCCCCCCCCCCCCCC. The Morgan fingerprint density at radius 3 is 1.00 bits per heavy atom. The fraction of sp³-hybridized carbons (Fsp3) is 0.876. The predicted octanol–water partition coefficient (Wildman–Crippen LogP) is 16.6. The smallest absolute Gasteiger partial charge is 0.220 e. The number of carbonyl (C=O) groups excluding carboxylic acids is 1. The van der Waals surface area contributed by atoms with Crippen molar-refractivity contribution in [2.45, 2.75) is 471 Å². The molecule has 0 aliphatic carbocycles.